The second kappa shape index (κ2) is 9.91. The fourth-order valence-electron chi connectivity index (χ4n) is 5.83. The van der Waals surface area contributed by atoms with Crippen LogP contribution in [-0.2, 0) is 28.9 Å². The van der Waals surface area contributed by atoms with Crippen LogP contribution < -0.4 is 9.21 Å². The summed E-state index contributed by atoms with van der Waals surface area (Å²) in [6.45, 7) is 11.4. The monoisotopic (exact) mass is 564 g/mol. The van der Waals surface area contributed by atoms with Gasteiger partial charge in [-0.1, -0.05) is 44.2 Å². The van der Waals surface area contributed by atoms with E-state index in [-0.39, 0.29) is 10.4 Å². The van der Waals surface area contributed by atoms with Crippen LogP contribution in [0.15, 0.2) is 53.7 Å². The van der Waals surface area contributed by atoms with E-state index in [0.717, 1.165) is 68.2 Å². The molecule has 6 rings (SSSR count). The molecule has 0 N–H and O–H groups in total. The molecule has 2 aromatic carbocycles. The average molecular weight is 565 g/mol. The number of aromatic nitrogens is 3. The molecule has 8 nitrogen and oxygen atoms in total. The number of hydrogen-bond acceptors (Lipinski definition) is 7. The van der Waals surface area contributed by atoms with Crippen LogP contribution in [0.4, 0.5) is 11.5 Å². The summed E-state index contributed by atoms with van der Waals surface area (Å²) in [5.41, 5.74) is 2.94. The predicted molar refractivity (Wildman–Crippen MR) is 159 cm³/mol. The van der Waals surface area contributed by atoms with Crippen molar-refractivity contribution in [2.75, 3.05) is 48.5 Å². The molecule has 206 valence electrons. The molecule has 2 aromatic heterocycles. The molecule has 2 aliphatic rings. The highest BCUT2D eigenvalue weighted by Crippen LogP contribution is 2.44. The number of rotatable bonds is 6. The lowest BCUT2D eigenvalue weighted by atomic mass is 9.77. The number of fused-ring (bicyclic) bond motifs is 2. The van der Waals surface area contributed by atoms with Crippen molar-refractivity contribution in [3.8, 4) is 0 Å². The number of para-hydroxylation sites is 1. The van der Waals surface area contributed by atoms with Gasteiger partial charge in [0, 0.05) is 57.9 Å². The van der Waals surface area contributed by atoms with Gasteiger partial charge in [0.2, 0.25) is 0 Å². The Morgan fingerprint density at radius 3 is 2.51 bits per heavy atom. The Morgan fingerprint density at radius 2 is 1.77 bits per heavy atom. The minimum absolute atomic E-state index is 0.0979. The summed E-state index contributed by atoms with van der Waals surface area (Å²) in [6, 6.07) is 14.7. The Kier molecular flexibility index (Phi) is 6.68. The van der Waals surface area contributed by atoms with Crippen LogP contribution in [0.25, 0.3) is 10.1 Å². The summed E-state index contributed by atoms with van der Waals surface area (Å²) >= 11 is 1.57. The summed E-state index contributed by atoms with van der Waals surface area (Å²) < 4.78 is 37.1. The molecule has 1 fully saturated rings. The molecule has 2 aliphatic heterocycles. The number of hydrogen-bond donors (Lipinski definition) is 0. The van der Waals surface area contributed by atoms with Crippen molar-refractivity contribution < 1.29 is 8.42 Å². The molecule has 0 spiro atoms. The Balaban J connectivity index is 1.21. The van der Waals surface area contributed by atoms with Gasteiger partial charge in [0.15, 0.2) is 5.03 Å². The van der Waals surface area contributed by atoms with Crippen molar-refractivity contribution in [2.24, 2.45) is 7.05 Å². The van der Waals surface area contributed by atoms with E-state index >= 15 is 0 Å². The molecule has 4 aromatic rings. The van der Waals surface area contributed by atoms with Crippen molar-refractivity contribution in [1.82, 2.24) is 18.8 Å². The Morgan fingerprint density at radius 1 is 1.00 bits per heavy atom. The third kappa shape index (κ3) is 4.72. The molecule has 1 saturated heterocycles. The fraction of sp³-hybridized carbons (Fsp3) is 0.448. The Hall–Kier alpha value is -2.95. The van der Waals surface area contributed by atoms with Crippen molar-refractivity contribution in [1.29, 1.82) is 0 Å². The van der Waals surface area contributed by atoms with E-state index in [1.807, 2.05) is 14.0 Å². The topological polar surface area (TPSA) is 74.6 Å². The van der Waals surface area contributed by atoms with E-state index in [4.69, 9.17) is 4.37 Å². The molecular weight excluding hydrogens is 528 g/mol. The molecule has 0 atom stereocenters. The van der Waals surface area contributed by atoms with E-state index < -0.39 is 10.0 Å². The normalized spacial score (nSPS) is 18.1. The number of aryl methyl sites for hydroxylation is 2. The van der Waals surface area contributed by atoms with Gasteiger partial charge in [-0.2, -0.15) is 12.8 Å². The molecule has 0 aliphatic carbocycles. The van der Waals surface area contributed by atoms with Gasteiger partial charge in [0.05, 0.1) is 10.4 Å². The fourth-order valence-corrected chi connectivity index (χ4v) is 8.18. The minimum Gasteiger partial charge on any atom is -0.353 e. The molecule has 0 radical (unpaired) electrons. The molecule has 0 saturated carbocycles. The van der Waals surface area contributed by atoms with Crippen molar-refractivity contribution in [3.05, 3.63) is 65.6 Å². The maximum atomic E-state index is 13.9. The third-order valence-corrected chi connectivity index (χ3v) is 10.9. The molecule has 39 heavy (non-hydrogen) atoms. The summed E-state index contributed by atoms with van der Waals surface area (Å²) in [7, 11) is -1.94. The maximum absolute atomic E-state index is 13.9. The van der Waals surface area contributed by atoms with E-state index in [0.29, 0.717) is 12.4 Å². The standard InChI is InChI=1S/C29H36N6O2S2/c1-21-30-26(20-32(21)4)39(36,37)35-15-13-29(2,3)24-10-7-8-22(27(24)35)12-14-33-16-18-34(19-17-33)28-23-9-5-6-11-25(23)38-31-28/h5-11,20H,12-19H2,1-4H3. The number of sulfonamides is 1. The Labute approximate surface area is 235 Å². The zero-order valence-corrected chi connectivity index (χ0v) is 24.7. The van der Waals surface area contributed by atoms with Crippen LogP contribution in [0.1, 0.15) is 37.2 Å². The summed E-state index contributed by atoms with van der Waals surface area (Å²) in [5.74, 6) is 1.78. The van der Waals surface area contributed by atoms with E-state index in [2.05, 4.69) is 71.1 Å². The molecule has 0 amide bonds. The predicted octanol–water partition coefficient (Wildman–Crippen LogP) is 4.58. The highest BCUT2D eigenvalue weighted by molar-refractivity contribution is 7.92. The van der Waals surface area contributed by atoms with Crippen LogP contribution in [0.2, 0.25) is 0 Å². The number of anilines is 2. The zero-order valence-electron chi connectivity index (χ0n) is 23.1. The lowest BCUT2D eigenvalue weighted by molar-refractivity contribution is 0.260. The van der Waals surface area contributed by atoms with Gasteiger partial charge in [-0.3, -0.25) is 9.21 Å². The molecule has 10 heteroatoms. The third-order valence-electron chi connectivity index (χ3n) is 8.41. The summed E-state index contributed by atoms with van der Waals surface area (Å²) in [6.07, 6.45) is 3.19. The zero-order chi connectivity index (χ0) is 27.4. The van der Waals surface area contributed by atoms with E-state index in [1.165, 1.54) is 10.1 Å². The van der Waals surface area contributed by atoms with Crippen molar-refractivity contribution >= 4 is 43.1 Å². The number of piperazine rings is 1. The van der Waals surface area contributed by atoms with Gasteiger partial charge >= 0.3 is 0 Å². The van der Waals surface area contributed by atoms with Gasteiger partial charge in [-0.25, -0.2) is 4.98 Å². The summed E-state index contributed by atoms with van der Waals surface area (Å²) in [4.78, 5) is 9.26. The second-order valence-electron chi connectivity index (χ2n) is 11.3. The number of nitrogens with zero attached hydrogens (tertiary/aromatic N) is 6. The molecule has 0 unspecified atom stereocenters. The maximum Gasteiger partial charge on any atom is 0.283 e. The van der Waals surface area contributed by atoms with Gasteiger partial charge in [0.1, 0.15) is 11.6 Å². The molecule has 4 heterocycles. The smallest absolute Gasteiger partial charge is 0.283 e. The second-order valence-corrected chi connectivity index (χ2v) is 14.0. The quantitative estimate of drug-likeness (QED) is 0.341. The first-order valence-corrected chi connectivity index (χ1v) is 15.8. The molecular formula is C29H36N6O2S2. The SMILES string of the molecule is Cc1nc(S(=O)(=O)N2CCC(C)(C)c3cccc(CCN4CCN(c5nsc6ccccc56)CC4)c32)cn1C. The Bertz CT molecular complexity index is 1600. The van der Waals surface area contributed by atoms with E-state index in [9.17, 15) is 8.42 Å². The first kappa shape index (κ1) is 26.3. The largest absolute Gasteiger partial charge is 0.353 e. The van der Waals surface area contributed by atoms with Crippen LogP contribution in [-0.4, -0.2) is 66.5 Å². The van der Waals surface area contributed by atoms with Crippen LogP contribution in [0.3, 0.4) is 0 Å². The first-order valence-electron chi connectivity index (χ1n) is 13.6. The number of imidazole rings is 1. The highest BCUT2D eigenvalue weighted by Gasteiger charge is 2.39. The highest BCUT2D eigenvalue weighted by atomic mass is 32.2. The van der Waals surface area contributed by atoms with Crippen molar-refractivity contribution in [2.45, 2.75) is 44.1 Å². The van der Waals surface area contributed by atoms with Crippen LogP contribution in [0, 0.1) is 6.92 Å². The average Bonchev–Trinajstić information content (AvgIpc) is 3.51. The van der Waals surface area contributed by atoms with E-state index in [1.54, 1.807) is 26.6 Å². The van der Waals surface area contributed by atoms with Crippen LogP contribution >= 0.6 is 11.5 Å². The lowest BCUT2D eigenvalue weighted by Crippen LogP contribution is -2.47. The molecule has 0 bridgehead atoms. The lowest BCUT2D eigenvalue weighted by Gasteiger charge is -2.40. The van der Waals surface area contributed by atoms with Crippen LogP contribution in [0.5, 0.6) is 0 Å². The van der Waals surface area contributed by atoms with Gasteiger partial charge in [-0.05, 0) is 60.0 Å². The van der Waals surface area contributed by atoms with Crippen molar-refractivity contribution in [3.63, 3.8) is 0 Å². The van der Waals surface area contributed by atoms with Gasteiger partial charge < -0.3 is 9.47 Å². The number of benzene rings is 2. The van der Waals surface area contributed by atoms with Gasteiger partial charge in [0.25, 0.3) is 10.0 Å². The minimum atomic E-state index is -3.77. The summed E-state index contributed by atoms with van der Waals surface area (Å²) in [5, 5.41) is 1.35. The first-order chi connectivity index (χ1) is 18.6. The van der Waals surface area contributed by atoms with Gasteiger partial charge in [-0.15, -0.1) is 0 Å².